The van der Waals surface area contributed by atoms with Crippen molar-refractivity contribution in [3.63, 3.8) is 0 Å². The molecule has 24 heavy (non-hydrogen) atoms. The third kappa shape index (κ3) is 3.82. The Morgan fingerprint density at radius 3 is 2.67 bits per heavy atom. The molecule has 2 aromatic carbocycles. The highest BCUT2D eigenvalue weighted by atomic mass is 15.0. The van der Waals surface area contributed by atoms with Gasteiger partial charge in [-0.3, -0.25) is 0 Å². The molecule has 0 radical (unpaired) electrons. The van der Waals surface area contributed by atoms with E-state index in [4.69, 9.17) is 5.26 Å². The highest BCUT2D eigenvalue weighted by Gasteiger charge is 2.04. The molecule has 0 aliphatic heterocycles. The maximum atomic E-state index is 8.87. The minimum absolute atomic E-state index is 0.687. The molecule has 1 heterocycles. The van der Waals surface area contributed by atoms with Gasteiger partial charge in [0.15, 0.2) is 0 Å². The summed E-state index contributed by atoms with van der Waals surface area (Å²) in [5.74, 6) is 0. The lowest BCUT2D eigenvalue weighted by Gasteiger charge is -2.11. The van der Waals surface area contributed by atoms with Gasteiger partial charge in [-0.05, 0) is 36.2 Å². The van der Waals surface area contributed by atoms with Gasteiger partial charge in [0.1, 0.15) is 0 Å². The molecule has 0 spiro atoms. The van der Waals surface area contributed by atoms with Crippen molar-refractivity contribution in [1.82, 2.24) is 9.55 Å². The standard InChI is InChI=1S/C20H20N4/c1-16-4-2-3-5-20(16)23-11-10-19-13-22-15-24(19)14-18-8-6-17(12-21)7-9-18/h2-9,13,15,23H,10-11,14H2,1H3. The first-order chi connectivity index (χ1) is 11.8. The number of benzene rings is 2. The van der Waals surface area contributed by atoms with Gasteiger partial charge in [-0.1, -0.05) is 30.3 Å². The van der Waals surface area contributed by atoms with Crippen molar-refractivity contribution in [3.8, 4) is 6.07 Å². The van der Waals surface area contributed by atoms with E-state index >= 15 is 0 Å². The minimum atomic E-state index is 0.687. The lowest BCUT2D eigenvalue weighted by molar-refractivity contribution is 0.738. The van der Waals surface area contributed by atoms with Crippen LogP contribution in [0.5, 0.6) is 0 Å². The van der Waals surface area contributed by atoms with Gasteiger partial charge >= 0.3 is 0 Å². The Balaban J connectivity index is 1.60. The van der Waals surface area contributed by atoms with Crippen LogP contribution < -0.4 is 5.32 Å². The lowest BCUT2D eigenvalue weighted by Crippen LogP contribution is -2.10. The number of nitrogens with one attached hydrogen (secondary N) is 1. The second-order valence-electron chi connectivity index (χ2n) is 5.81. The first kappa shape index (κ1) is 15.8. The van der Waals surface area contributed by atoms with Gasteiger partial charge in [0, 0.05) is 37.1 Å². The average Bonchev–Trinajstić information content (AvgIpc) is 3.04. The monoisotopic (exact) mass is 316 g/mol. The van der Waals surface area contributed by atoms with Crippen molar-refractivity contribution >= 4 is 5.69 Å². The Morgan fingerprint density at radius 2 is 1.92 bits per heavy atom. The molecule has 0 saturated carbocycles. The average molecular weight is 316 g/mol. The summed E-state index contributed by atoms with van der Waals surface area (Å²) in [6.45, 7) is 3.74. The van der Waals surface area contributed by atoms with Gasteiger partial charge in [-0.25, -0.2) is 4.98 Å². The molecule has 0 atom stereocenters. The van der Waals surface area contributed by atoms with Gasteiger partial charge < -0.3 is 9.88 Å². The zero-order valence-corrected chi connectivity index (χ0v) is 13.7. The third-order valence-corrected chi connectivity index (χ3v) is 4.08. The zero-order valence-electron chi connectivity index (χ0n) is 13.7. The van der Waals surface area contributed by atoms with Gasteiger partial charge in [0.05, 0.1) is 18.0 Å². The number of aryl methyl sites for hydroxylation is 1. The third-order valence-electron chi connectivity index (χ3n) is 4.08. The number of nitrogens with zero attached hydrogens (tertiary/aromatic N) is 3. The number of hydrogen-bond acceptors (Lipinski definition) is 3. The molecule has 0 aliphatic rings. The van der Waals surface area contributed by atoms with Crippen LogP contribution in [0.4, 0.5) is 5.69 Å². The highest BCUT2D eigenvalue weighted by Crippen LogP contribution is 2.13. The lowest BCUT2D eigenvalue weighted by atomic mass is 10.1. The molecule has 1 N–H and O–H groups in total. The number of anilines is 1. The predicted molar refractivity (Wildman–Crippen MR) is 95.9 cm³/mol. The summed E-state index contributed by atoms with van der Waals surface area (Å²) >= 11 is 0. The smallest absolute Gasteiger partial charge is 0.0991 e. The Labute approximate surface area is 142 Å². The van der Waals surface area contributed by atoms with Crippen LogP contribution in [0.15, 0.2) is 61.1 Å². The molecule has 3 rings (SSSR count). The van der Waals surface area contributed by atoms with E-state index in [9.17, 15) is 0 Å². The molecule has 3 aromatic rings. The summed E-state index contributed by atoms with van der Waals surface area (Å²) < 4.78 is 2.15. The number of rotatable bonds is 6. The van der Waals surface area contributed by atoms with E-state index in [0.29, 0.717) is 5.56 Å². The molecule has 1 aromatic heterocycles. The van der Waals surface area contributed by atoms with E-state index in [1.165, 1.54) is 22.5 Å². The Kier molecular flexibility index (Phi) is 4.93. The van der Waals surface area contributed by atoms with Crippen molar-refractivity contribution in [1.29, 1.82) is 5.26 Å². The minimum Gasteiger partial charge on any atom is -0.384 e. The molecule has 120 valence electrons. The van der Waals surface area contributed by atoms with Crippen LogP contribution >= 0.6 is 0 Å². The van der Waals surface area contributed by atoms with E-state index in [2.05, 4.69) is 40.0 Å². The molecule has 0 unspecified atom stereocenters. The van der Waals surface area contributed by atoms with E-state index in [-0.39, 0.29) is 0 Å². The Bertz CT molecular complexity index is 841. The van der Waals surface area contributed by atoms with Crippen LogP contribution in [-0.2, 0) is 13.0 Å². The number of aromatic nitrogens is 2. The fourth-order valence-corrected chi connectivity index (χ4v) is 2.68. The van der Waals surface area contributed by atoms with Crippen LogP contribution in [-0.4, -0.2) is 16.1 Å². The fourth-order valence-electron chi connectivity index (χ4n) is 2.68. The normalized spacial score (nSPS) is 10.3. The molecule has 4 nitrogen and oxygen atoms in total. The van der Waals surface area contributed by atoms with Gasteiger partial charge in [0.25, 0.3) is 0 Å². The zero-order chi connectivity index (χ0) is 16.8. The van der Waals surface area contributed by atoms with Crippen molar-refractivity contribution in [2.24, 2.45) is 0 Å². The van der Waals surface area contributed by atoms with Crippen LogP contribution in [0.2, 0.25) is 0 Å². The molecular formula is C20H20N4. The highest BCUT2D eigenvalue weighted by molar-refractivity contribution is 5.50. The molecular weight excluding hydrogens is 296 g/mol. The second-order valence-corrected chi connectivity index (χ2v) is 5.81. The second kappa shape index (κ2) is 7.47. The van der Waals surface area contributed by atoms with Gasteiger partial charge in [0.2, 0.25) is 0 Å². The summed E-state index contributed by atoms with van der Waals surface area (Å²) in [5.41, 5.74) is 5.48. The maximum Gasteiger partial charge on any atom is 0.0991 e. The molecule has 4 heteroatoms. The summed E-state index contributed by atoms with van der Waals surface area (Å²) in [5, 5.41) is 12.3. The Hall–Kier alpha value is -3.06. The molecule has 0 bridgehead atoms. The number of hydrogen-bond donors (Lipinski definition) is 1. The van der Waals surface area contributed by atoms with Crippen LogP contribution in [0.25, 0.3) is 0 Å². The van der Waals surface area contributed by atoms with E-state index in [1.54, 1.807) is 0 Å². The van der Waals surface area contributed by atoms with E-state index in [0.717, 1.165) is 19.5 Å². The molecule has 0 amide bonds. The van der Waals surface area contributed by atoms with Crippen molar-refractivity contribution in [3.05, 3.63) is 83.4 Å². The van der Waals surface area contributed by atoms with Crippen molar-refractivity contribution in [2.45, 2.75) is 19.9 Å². The first-order valence-corrected chi connectivity index (χ1v) is 8.04. The van der Waals surface area contributed by atoms with Gasteiger partial charge in [-0.15, -0.1) is 0 Å². The first-order valence-electron chi connectivity index (χ1n) is 8.04. The van der Waals surface area contributed by atoms with Crippen molar-refractivity contribution in [2.75, 3.05) is 11.9 Å². The molecule has 0 fully saturated rings. The van der Waals surface area contributed by atoms with Gasteiger partial charge in [-0.2, -0.15) is 5.26 Å². The Morgan fingerprint density at radius 1 is 1.12 bits per heavy atom. The van der Waals surface area contributed by atoms with Crippen LogP contribution in [0, 0.1) is 18.3 Å². The topological polar surface area (TPSA) is 53.6 Å². The quantitative estimate of drug-likeness (QED) is 0.753. The molecule has 0 saturated heterocycles. The molecule has 0 aliphatic carbocycles. The van der Waals surface area contributed by atoms with Crippen LogP contribution in [0.3, 0.4) is 0 Å². The van der Waals surface area contributed by atoms with Crippen molar-refractivity contribution < 1.29 is 0 Å². The number of nitriles is 1. The predicted octanol–water partition coefficient (Wildman–Crippen LogP) is 3.77. The summed E-state index contributed by atoms with van der Waals surface area (Å²) in [6.07, 6.45) is 4.69. The fraction of sp³-hybridized carbons (Fsp3) is 0.200. The summed E-state index contributed by atoms with van der Waals surface area (Å²) in [7, 11) is 0. The van der Waals surface area contributed by atoms with E-state index in [1.807, 2.05) is 48.9 Å². The largest absolute Gasteiger partial charge is 0.384 e. The number of imidazole rings is 1. The SMILES string of the molecule is Cc1ccccc1NCCc1cncn1Cc1ccc(C#N)cc1. The summed E-state index contributed by atoms with van der Waals surface area (Å²) in [4.78, 5) is 4.28. The maximum absolute atomic E-state index is 8.87. The number of para-hydroxylation sites is 1. The van der Waals surface area contributed by atoms with Crippen LogP contribution in [0.1, 0.15) is 22.4 Å². The summed E-state index contributed by atoms with van der Waals surface area (Å²) in [6, 6.07) is 18.1. The van der Waals surface area contributed by atoms with E-state index < -0.39 is 0 Å².